The van der Waals surface area contributed by atoms with Gasteiger partial charge in [-0.05, 0) is 33.1 Å². The summed E-state index contributed by atoms with van der Waals surface area (Å²) < 4.78 is 7.48. The molecule has 0 bridgehead atoms. The molecule has 1 saturated heterocycles. The van der Waals surface area contributed by atoms with Gasteiger partial charge in [-0.15, -0.1) is 0 Å². The Balaban J connectivity index is 1.78. The van der Waals surface area contributed by atoms with Crippen LogP contribution in [-0.4, -0.2) is 43.7 Å². The third-order valence-electron chi connectivity index (χ3n) is 5.69. The highest BCUT2D eigenvalue weighted by Gasteiger charge is 2.31. The molecule has 0 aliphatic carbocycles. The Kier molecular flexibility index (Phi) is 4.91. The van der Waals surface area contributed by atoms with Gasteiger partial charge in [-0.2, -0.15) is 5.10 Å². The van der Waals surface area contributed by atoms with E-state index in [0.717, 1.165) is 54.1 Å². The minimum atomic E-state index is 0.0551. The molecular formula is C21H27N5O2. The Morgan fingerprint density at radius 3 is 2.86 bits per heavy atom. The fourth-order valence-electron chi connectivity index (χ4n) is 4.03. The van der Waals surface area contributed by atoms with E-state index in [1.54, 1.807) is 0 Å². The third-order valence-corrected chi connectivity index (χ3v) is 5.69. The number of aryl methyl sites for hydroxylation is 2. The molecule has 0 radical (unpaired) electrons. The van der Waals surface area contributed by atoms with Gasteiger partial charge >= 0.3 is 0 Å². The minimum Gasteiger partial charge on any atom is -0.356 e. The Morgan fingerprint density at radius 1 is 1.32 bits per heavy atom. The standard InChI is InChI=1S/C21H27N5O2/c1-5-13(2)21(27)25-8-6-7-16(12-25)20-17(18-9-15(4)24-28-18)11-22-19-10-14(3)23-26(19)20/h9-11,13,16H,5-8,12H2,1-4H3/t13-,16-/m1/s1. The first-order chi connectivity index (χ1) is 13.5. The molecule has 1 amide bonds. The predicted octanol–water partition coefficient (Wildman–Crippen LogP) is 3.75. The zero-order valence-corrected chi connectivity index (χ0v) is 17.0. The number of piperidine rings is 1. The van der Waals surface area contributed by atoms with Crippen molar-refractivity contribution in [2.75, 3.05) is 13.1 Å². The van der Waals surface area contributed by atoms with Crippen LogP contribution >= 0.6 is 0 Å². The van der Waals surface area contributed by atoms with E-state index in [9.17, 15) is 4.79 Å². The van der Waals surface area contributed by atoms with Crippen LogP contribution in [0.15, 0.2) is 22.9 Å². The van der Waals surface area contributed by atoms with E-state index in [1.165, 1.54) is 0 Å². The van der Waals surface area contributed by atoms with Crippen LogP contribution in [0.25, 0.3) is 17.0 Å². The lowest BCUT2D eigenvalue weighted by atomic mass is 9.90. The maximum atomic E-state index is 12.8. The van der Waals surface area contributed by atoms with Gasteiger partial charge in [-0.1, -0.05) is 19.0 Å². The Labute approximate surface area is 164 Å². The zero-order valence-electron chi connectivity index (χ0n) is 17.0. The van der Waals surface area contributed by atoms with Gasteiger partial charge in [0.1, 0.15) is 0 Å². The van der Waals surface area contributed by atoms with Crippen LogP contribution in [0.3, 0.4) is 0 Å². The summed E-state index contributed by atoms with van der Waals surface area (Å²) in [5.41, 5.74) is 4.52. The SMILES string of the molecule is CC[C@@H](C)C(=O)N1CCC[C@@H](c2c(-c3cc(C)no3)cnc3cc(C)nn23)C1. The predicted molar refractivity (Wildman–Crippen MR) is 106 cm³/mol. The first kappa shape index (κ1) is 18.7. The molecule has 148 valence electrons. The van der Waals surface area contributed by atoms with Gasteiger partial charge in [0.2, 0.25) is 5.91 Å². The fraction of sp³-hybridized carbons (Fsp3) is 0.524. The summed E-state index contributed by atoms with van der Waals surface area (Å²) in [5.74, 6) is 1.16. The third kappa shape index (κ3) is 3.30. The number of carbonyl (C=O) groups excluding carboxylic acids is 1. The number of hydrogen-bond donors (Lipinski definition) is 0. The molecule has 1 aliphatic heterocycles. The molecular weight excluding hydrogens is 354 g/mol. The average molecular weight is 381 g/mol. The first-order valence-corrected chi connectivity index (χ1v) is 10.1. The van der Waals surface area contributed by atoms with E-state index in [1.807, 2.05) is 48.5 Å². The van der Waals surface area contributed by atoms with Crippen molar-refractivity contribution in [3.8, 4) is 11.3 Å². The van der Waals surface area contributed by atoms with Crippen molar-refractivity contribution < 1.29 is 9.32 Å². The molecule has 0 unspecified atom stereocenters. The molecule has 4 heterocycles. The second kappa shape index (κ2) is 7.37. The zero-order chi connectivity index (χ0) is 19.8. The van der Waals surface area contributed by atoms with Crippen LogP contribution in [-0.2, 0) is 4.79 Å². The summed E-state index contributed by atoms with van der Waals surface area (Å²) in [6, 6.07) is 3.90. The van der Waals surface area contributed by atoms with E-state index in [4.69, 9.17) is 9.62 Å². The van der Waals surface area contributed by atoms with Gasteiger partial charge in [-0.25, -0.2) is 9.50 Å². The molecule has 0 N–H and O–H groups in total. The van der Waals surface area contributed by atoms with Crippen LogP contribution in [0, 0.1) is 19.8 Å². The number of amides is 1. The van der Waals surface area contributed by atoms with Gasteiger partial charge in [0.15, 0.2) is 11.4 Å². The fourth-order valence-corrected chi connectivity index (χ4v) is 4.03. The van der Waals surface area contributed by atoms with Crippen LogP contribution in [0.1, 0.15) is 56.1 Å². The van der Waals surface area contributed by atoms with E-state index in [2.05, 4.69) is 17.1 Å². The van der Waals surface area contributed by atoms with Crippen molar-refractivity contribution >= 4 is 11.6 Å². The molecule has 1 fully saturated rings. The molecule has 0 aromatic carbocycles. The molecule has 1 aliphatic rings. The molecule has 3 aromatic rings. The Bertz CT molecular complexity index is 1010. The normalized spacial score (nSPS) is 18.6. The molecule has 3 aromatic heterocycles. The molecule has 7 nitrogen and oxygen atoms in total. The summed E-state index contributed by atoms with van der Waals surface area (Å²) in [5, 5.41) is 8.74. The van der Waals surface area contributed by atoms with Crippen molar-refractivity contribution in [3.63, 3.8) is 0 Å². The molecule has 4 rings (SSSR count). The number of carbonyl (C=O) groups is 1. The van der Waals surface area contributed by atoms with Crippen LogP contribution in [0.2, 0.25) is 0 Å². The highest BCUT2D eigenvalue weighted by molar-refractivity contribution is 5.78. The van der Waals surface area contributed by atoms with E-state index in [-0.39, 0.29) is 17.7 Å². The lowest BCUT2D eigenvalue weighted by Crippen LogP contribution is -2.42. The highest BCUT2D eigenvalue weighted by Crippen LogP contribution is 2.35. The Hall–Kier alpha value is -2.70. The topological polar surface area (TPSA) is 76.5 Å². The number of rotatable bonds is 4. The highest BCUT2D eigenvalue weighted by atomic mass is 16.5. The van der Waals surface area contributed by atoms with Crippen LogP contribution in [0.4, 0.5) is 0 Å². The van der Waals surface area contributed by atoms with Gasteiger partial charge in [0.25, 0.3) is 0 Å². The first-order valence-electron chi connectivity index (χ1n) is 10.1. The van der Waals surface area contributed by atoms with Gasteiger partial charge in [0, 0.05) is 43.3 Å². The largest absolute Gasteiger partial charge is 0.356 e. The number of likely N-dealkylation sites (tertiary alicyclic amines) is 1. The lowest BCUT2D eigenvalue weighted by molar-refractivity contribution is -0.136. The van der Waals surface area contributed by atoms with E-state index < -0.39 is 0 Å². The van der Waals surface area contributed by atoms with Gasteiger partial charge in [0.05, 0.1) is 22.6 Å². The maximum absolute atomic E-state index is 12.8. The summed E-state index contributed by atoms with van der Waals surface area (Å²) >= 11 is 0. The summed E-state index contributed by atoms with van der Waals surface area (Å²) in [4.78, 5) is 19.4. The Morgan fingerprint density at radius 2 is 2.14 bits per heavy atom. The van der Waals surface area contributed by atoms with Crippen molar-refractivity contribution in [2.45, 2.75) is 52.9 Å². The average Bonchev–Trinajstić information content (AvgIpc) is 3.30. The molecule has 0 spiro atoms. The lowest BCUT2D eigenvalue weighted by Gasteiger charge is -2.35. The smallest absolute Gasteiger partial charge is 0.225 e. The molecule has 2 atom stereocenters. The van der Waals surface area contributed by atoms with Crippen molar-refractivity contribution in [3.05, 3.63) is 35.4 Å². The number of nitrogens with zero attached hydrogens (tertiary/aromatic N) is 5. The van der Waals surface area contributed by atoms with Crippen molar-refractivity contribution in [1.82, 2.24) is 24.7 Å². The molecule has 7 heteroatoms. The van der Waals surface area contributed by atoms with Crippen molar-refractivity contribution in [1.29, 1.82) is 0 Å². The molecule has 0 saturated carbocycles. The van der Waals surface area contributed by atoms with E-state index >= 15 is 0 Å². The van der Waals surface area contributed by atoms with E-state index in [0.29, 0.717) is 12.3 Å². The second-order valence-electron chi connectivity index (χ2n) is 7.88. The molecule has 28 heavy (non-hydrogen) atoms. The summed E-state index contributed by atoms with van der Waals surface area (Å²) in [7, 11) is 0. The van der Waals surface area contributed by atoms with Crippen LogP contribution in [0.5, 0.6) is 0 Å². The quantitative estimate of drug-likeness (QED) is 0.688. The monoisotopic (exact) mass is 381 g/mol. The van der Waals surface area contributed by atoms with Gasteiger partial charge < -0.3 is 9.42 Å². The number of aromatic nitrogens is 4. The van der Waals surface area contributed by atoms with Crippen molar-refractivity contribution in [2.24, 2.45) is 5.92 Å². The number of fused-ring (bicyclic) bond motifs is 1. The second-order valence-corrected chi connectivity index (χ2v) is 7.88. The van der Waals surface area contributed by atoms with Crippen LogP contribution < -0.4 is 0 Å². The number of hydrogen-bond acceptors (Lipinski definition) is 5. The maximum Gasteiger partial charge on any atom is 0.225 e. The van der Waals surface area contributed by atoms with Gasteiger partial charge in [-0.3, -0.25) is 4.79 Å². The minimum absolute atomic E-state index is 0.0551. The summed E-state index contributed by atoms with van der Waals surface area (Å²) in [6.45, 7) is 9.47. The summed E-state index contributed by atoms with van der Waals surface area (Å²) in [6.07, 6.45) is 4.69.